The number of aryl methyl sites for hydroxylation is 2. The molecule has 0 atom stereocenters. The van der Waals surface area contributed by atoms with Crippen molar-refractivity contribution >= 4 is 29.1 Å². The zero-order valence-electron chi connectivity index (χ0n) is 15.7. The van der Waals surface area contributed by atoms with Crippen LogP contribution in [0.15, 0.2) is 22.7 Å². The van der Waals surface area contributed by atoms with Gasteiger partial charge in [0.15, 0.2) is 0 Å². The Kier molecular flexibility index (Phi) is 6.42. The zero-order valence-corrected chi connectivity index (χ0v) is 16.5. The summed E-state index contributed by atoms with van der Waals surface area (Å²) >= 11 is 6.17. The summed E-state index contributed by atoms with van der Waals surface area (Å²) in [5.41, 5.74) is 2.64. The average Bonchev–Trinajstić information content (AvgIpc) is 2.91. The average molecular weight is 378 g/mol. The Balaban J connectivity index is 2.07. The number of aromatic nitrogens is 1. The fourth-order valence-electron chi connectivity index (χ4n) is 2.50. The largest absolute Gasteiger partial charge is 0.361 e. The molecule has 2 amide bonds. The number of carbonyl (C=O) groups excluding carboxylic acids is 2. The van der Waals surface area contributed by atoms with E-state index in [1.54, 1.807) is 30.1 Å². The molecule has 0 aliphatic rings. The molecule has 0 aliphatic heterocycles. The van der Waals surface area contributed by atoms with Crippen LogP contribution >= 0.6 is 11.6 Å². The van der Waals surface area contributed by atoms with Crippen molar-refractivity contribution in [1.29, 1.82) is 0 Å². The van der Waals surface area contributed by atoms with E-state index in [1.807, 2.05) is 27.7 Å². The van der Waals surface area contributed by atoms with E-state index in [0.29, 0.717) is 22.7 Å². The van der Waals surface area contributed by atoms with E-state index in [0.717, 1.165) is 17.0 Å². The number of amides is 2. The smallest absolute Gasteiger partial charge is 0.253 e. The van der Waals surface area contributed by atoms with Gasteiger partial charge in [-0.25, -0.2) is 0 Å². The molecule has 0 unspecified atom stereocenters. The zero-order chi connectivity index (χ0) is 19.4. The van der Waals surface area contributed by atoms with Gasteiger partial charge in [-0.05, 0) is 52.3 Å². The maximum absolute atomic E-state index is 12.4. The monoisotopic (exact) mass is 377 g/mol. The molecule has 2 rings (SSSR count). The second-order valence-corrected chi connectivity index (χ2v) is 6.96. The fourth-order valence-corrected chi connectivity index (χ4v) is 2.67. The summed E-state index contributed by atoms with van der Waals surface area (Å²) in [7, 11) is 1.74. The van der Waals surface area contributed by atoms with E-state index in [1.165, 1.54) is 0 Å². The van der Waals surface area contributed by atoms with Gasteiger partial charge in [-0.15, -0.1) is 0 Å². The van der Waals surface area contributed by atoms with Crippen molar-refractivity contribution < 1.29 is 14.1 Å². The molecule has 1 aromatic heterocycles. The molecule has 0 saturated heterocycles. The molecule has 2 aromatic rings. The van der Waals surface area contributed by atoms with Crippen molar-refractivity contribution in [3.8, 4) is 0 Å². The van der Waals surface area contributed by atoms with Crippen LogP contribution in [-0.4, -0.2) is 35.0 Å². The Morgan fingerprint density at radius 1 is 1.31 bits per heavy atom. The number of benzene rings is 1. The standard InChI is InChI=1S/C19H24ClN3O3/c1-11(2)23(5)19(25)14-6-8-16(20)17(10-14)21-18(24)9-7-15-12(3)22-26-13(15)4/h6,8,10-11H,7,9H2,1-5H3,(H,21,24). The van der Waals surface area contributed by atoms with Gasteiger partial charge in [0.2, 0.25) is 5.91 Å². The number of rotatable bonds is 6. The molecule has 0 bridgehead atoms. The summed E-state index contributed by atoms with van der Waals surface area (Å²) < 4.78 is 5.10. The van der Waals surface area contributed by atoms with Crippen molar-refractivity contribution in [2.75, 3.05) is 12.4 Å². The molecule has 6 nitrogen and oxygen atoms in total. The van der Waals surface area contributed by atoms with Gasteiger partial charge < -0.3 is 14.7 Å². The van der Waals surface area contributed by atoms with Crippen LogP contribution in [0.3, 0.4) is 0 Å². The summed E-state index contributed by atoms with van der Waals surface area (Å²) in [5, 5.41) is 7.05. The number of hydrogen-bond donors (Lipinski definition) is 1. The highest BCUT2D eigenvalue weighted by Crippen LogP contribution is 2.24. The van der Waals surface area contributed by atoms with E-state index in [4.69, 9.17) is 16.1 Å². The number of carbonyl (C=O) groups is 2. The van der Waals surface area contributed by atoms with Crippen LogP contribution in [0, 0.1) is 13.8 Å². The van der Waals surface area contributed by atoms with Crippen LogP contribution in [-0.2, 0) is 11.2 Å². The third-order valence-electron chi connectivity index (χ3n) is 4.37. The fraction of sp³-hybridized carbons (Fsp3) is 0.421. The minimum absolute atomic E-state index is 0.0752. The van der Waals surface area contributed by atoms with Gasteiger partial charge in [-0.1, -0.05) is 16.8 Å². The first-order valence-corrected chi connectivity index (χ1v) is 8.86. The van der Waals surface area contributed by atoms with Crippen LogP contribution in [0.2, 0.25) is 5.02 Å². The van der Waals surface area contributed by atoms with Gasteiger partial charge in [-0.2, -0.15) is 0 Å². The molecule has 26 heavy (non-hydrogen) atoms. The lowest BCUT2D eigenvalue weighted by Gasteiger charge is -2.22. The van der Waals surface area contributed by atoms with Crippen molar-refractivity contribution in [3.05, 3.63) is 45.8 Å². The second-order valence-electron chi connectivity index (χ2n) is 6.56. The highest BCUT2D eigenvalue weighted by atomic mass is 35.5. The normalized spacial score (nSPS) is 10.9. The maximum atomic E-state index is 12.4. The Morgan fingerprint density at radius 3 is 2.58 bits per heavy atom. The molecule has 7 heteroatoms. The number of nitrogens with zero attached hydrogens (tertiary/aromatic N) is 2. The molecule has 0 radical (unpaired) electrons. The molecule has 0 spiro atoms. The lowest BCUT2D eigenvalue weighted by molar-refractivity contribution is -0.116. The van der Waals surface area contributed by atoms with Crippen LogP contribution < -0.4 is 5.32 Å². The predicted molar refractivity (Wildman–Crippen MR) is 102 cm³/mol. The first kappa shape index (κ1) is 20.0. The number of hydrogen-bond acceptors (Lipinski definition) is 4. The Hall–Kier alpha value is -2.34. The lowest BCUT2D eigenvalue weighted by Crippen LogP contribution is -2.33. The van der Waals surface area contributed by atoms with E-state index in [-0.39, 0.29) is 24.3 Å². The van der Waals surface area contributed by atoms with E-state index in [9.17, 15) is 9.59 Å². The molecule has 140 valence electrons. The summed E-state index contributed by atoms with van der Waals surface area (Å²) in [6.07, 6.45) is 0.794. The molecule has 0 aliphatic carbocycles. The van der Waals surface area contributed by atoms with Gasteiger partial charge in [0, 0.05) is 30.6 Å². The molecule has 0 saturated carbocycles. The molecular weight excluding hydrogens is 354 g/mol. The Bertz CT molecular complexity index is 795. The predicted octanol–water partition coefficient (Wildman–Crippen LogP) is 4.00. The Labute approximate surface area is 158 Å². The topological polar surface area (TPSA) is 75.4 Å². The SMILES string of the molecule is Cc1noc(C)c1CCC(=O)Nc1cc(C(=O)N(C)C(C)C)ccc1Cl. The van der Waals surface area contributed by atoms with Crippen molar-refractivity contribution in [3.63, 3.8) is 0 Å². The molecule has 1 N–H and O–H groups in total. The molecule has 0 fully saturated rings. The lowest BCUT2D eigenvalue weighted by atomic mass is 10.1. The van der Waals surface area contributed by atoms with E-state index in [2.05, 4.69) is 10.5 Å². The third-order valence-corrected chi connectivity index (χ3v) is 4.70. The van der Waals surface area contributed by atoms with E-state index < -0.39 is 0 Å². The quantitative estimate of drug-likeness (QED) is 0.825. The van der Waals surface area contributed by atoms with Gasteiger partial charge in [-0.3, -0.25) is 9.59 Å². The summed E-state index contributed by atoms with van der Waals surface area (Å²) in [6, 6.07) is 4.96. The Morgan fingerprint density at radius 2 is 2.00 bits per heavy atom. The third kappa shape index (κ3) is 4.64. The van der Waals surface area contributed by atoms with Crippen molar-refractivity contribution in [1.82, 2.24) is 10.1 Å². The number of halogens is 1. The van der Waals surface area contributed by atoms with Gasteiger partial charge >= 0.3 is 0 Å². The van der Waals surface area contributed by atoms with Gasteiger partial charge in [0.05, 0.1) is 16.4 Å². The second kappa shape index (κ2) is 8.36. The van der Waals surface area contributed by atoms with Gasteiger partial charge in [0.1, 0.15) is 5.76 Å². The first-order chi connectivity index (χ1) is 12.2. The molecular formula is C19H24ClN3O3. The number of nitrogens with one attached hydrogen (secondary N) is 1. The first-order valence-electron chi connectivity index (χ1n) is 8.49. The highest BCUT2D eigenvalue weighted by Gasteiger charge is 2.17. The number of anilines is 1. The van der Waals surface area contributed by atoms with Crippen molar-refractivity contribution in [2.24, 2.45) is 0 Å². The highest BCUT2D eigenvalue weighted by molar-refractivity contribution is 6.33. The minimum atomic E-state index is -0.186. The minimum Gasteiger partial charge on any atom is -0.361 e. The molecule has 1 aromatic carbocycles. The van der Waals surface area contributed by atoms with Crippen LogP contribution in [0.1, 0.15) is 47.6 Å². The van der Waals surface area contributed by atoms with Gasteiger partial charge in [0.25, 0.3) is 5.91 Å². The molecule has 1 heterocycles. The van der Waals surface area contributed by atoms with Crippen LogP contribution in [0.25, 0.3) is 0 Å². The summed E-state index contributed by atoms with van der Waals surface area (Å²) in [4.78, 5) is 26.4. The van der Waals surface area contributed by atoms with E-state index >= 15 is 0 Å². The maximum Gasteiger partial charge on any atom is 0.253 e. The van der Waals surface area contributed by atoms with Crippen LogP contribution in [0.4, 0.5) is 5.69 Å². The summed E-state index contributed by atoms with van der Waals surface area (Å²) in [6.45, 7) is 7.54. The van der Waals surface area contributed by atoms with Crippen LogP contribution in [0.5, 0.6) is 0 Å². The summed E-state index contributed by atoms with van der Waals surface area (Å²) in [5.74, 6) is 0.411. The van der Waals surface area contributed by atoms with Crippen molar-refractivity contribution in [2.45, 2.75) is 46.6 Å².